The summed E-state index contributed by atoms with van der Waals surface area (Å²) in [7, 11) is 0. The molecule has 180 valence electrons. The minimum atomic E-state index is -0.387. The standard InChI is InChI=1S/C29H26N4O2S/c1-18-26(29(35)32-20-8-3-2-4-9-20)27(28-23(31-18)11-7-13-25(28)34)19-14-21(36-16-19)15-33-17-30-22-10-5-6-12-24(22)33/h2-6,8-10,12,14,16-17,27,31H,7,11,13,15H2,1H3,(H,32,35). The molecule has 0 spiro atoms. The maximum atomic E-state index is 13.6. The zero-order chi connectivity index (χ0) is 24.6. The highest BCUT2D eigenvalue weighted by Gasteiger charge is 2.38. The number of allylic oxidation sites excluding steroid dienone is 3. The molecule has 1 amide bonds. The molecule has 0 saturated heterocycles. The van der Waals surface area contributed by atoms with E-state index >= 15 is 0 Å². The smallest absolute Gasteiger partial charge is 0.254 e. The van der Waals surface area contributed by atoms with E-state index in [-0.39, 0.29) is 17.6 Å². The van der Waals surface area contributed by atoms with Crippen LogP contribution < -0.4 is 10.6 Å². The third-order valence-corrected chi connectivity index (χ3v) is 7.85. The van der Waals surface area contributed by atoms with Crippen molar-refractivity contribution in [3.8, 4) is 0 Å². The molecule has 2 aromatic carbocycles. The molecule has 2 aliphatic rings. The number of rotatable bonds is 5. The molecule has 1 aliphatic heterocycles. The fourth-order valence-corrected chi connectivity index (χ4v) is 6.18. The van der Waals surface area contributed by atoms with Gasteiger partial charge in [0.25, 0.3) is 5.91 Å². The van der Waals surface area contributed by atoms with E-state index in [0.29, 0.717) is 18.5 Å². The van der Waals surface area contributed by atoms with Gasteiger partial charge in [-0.05, 0) is 61.0 Å². The van der Waals surface area contributed by atoms with Crippen molar-refractivity contribution in [2.45, 2.75) is 38.6 Å². The van der Waals surface area contributed by atoms with Crippen molar-refractivity contribution < 1.29 is 9.59 Å². The van der Waals surface area contributed by atoms with Crippen LogP contribution in [0.5, 0.6) is 0 Å². The second-order valence-corrected chi connectivity index (χ2v) is 10.3. The minimum absolute atomic E-state index is 0.125. The number of thiophene rings is 1. The van der Waals surface area contributed by atoms with Crippen molar-refractivity contribution in [1.82, 2.24) is 14.9 Å². The lowest BCUT2D eigenvalue weighted by molar-refractivity contribution is -0.116. The summed E-state index contributed by atoms with van der Waals surface area (Å²) in [5.74, 6) is -0.448. The number of nitrogens with zero attached hydrogens (tertiary/aromatic N) is 2. The Morgan fingerprint density at radius 3 is 2.81 bits per heavy atom. The summed E-state index contributed by atoms with van der Waals surface area (Å²) >= 11 is 1.65. The lowest BCUT2D eigenvalue weighted by Crippen LogP contribution is -2.35. The summed E-state index contributed by atoms with van der Waals surface area (Å²) in [4.78, 5) is 32.5. The summed E-state index contributed by atoms with van der Waals surface area (Å²) in [6.45, 7) is 2.62. The second kappa shape index (κ2) is 9.24. The Kier molecular flexibility index (Phi) is 5.77. The van der Waals surface area contributed by atoms with Gasteiger partial charge in [-0.25, -0.2) is 4.98 Å². The Morgan fingerprint density at radius 2 is 1.94 bits per heavy atom. The van der Waals surface area contributed by atoms with Crippen LogP contribution in [0.3, 0.4) is 0 Å². The van der Waals surface area contributed by atoms with E-state index < -0.39 is 0 Å². The van der Waals surface area contributed by atoms with Gasteiger partial charge in [0.05, 0.1) is 23.9 Å². The zero-order valence-corrected chi connectivity index (χ0v) is 20.8. The van der Waals surface area contributed by atoms with Gasteiger partial charge in [0.15, 0.2) is 5.78 Å². The van der Waals surface area contributed by atoms with E-state index in [0.717, 1.165) is 57.0 Å². The third-order valence-electron chi connectivity index (χ3n) is 6.91. The van der Waals surface area contributed by atoms with Crippen molar-refractivity contribution in [3.05, 3.63) is 105 Å². The Bertz CT molecular complexity index is 1540. The molecule has 6 rings (SSSR count). The molecule has 0 bridgehead atoms. The number of para-hydroxylation sites is 3. The first-order chi connectivity index (χ1) is 17.6. The zero-order valence-electron chi connectivity index (χ0n) is 20.0. The van der Waals surface area contributed by atoms with Crippen molar-refractivity contribution in [1.29, 1.82) is 0 Å². The number of dihydropyridines is 1. The molecule has 7 heteroatoms. The molecule has 6 nitrogen and oxygen atoms in total. The van der Waals surface area contributed by atoms with E-state index in [1.54, 1.807) is 11.3 Å². The molecule has 2 aromatic heterocycles. The topological polar surface area (TPSA) is 76.0 Å². The Hall–Kier alpha value is -3.97. The number of ketones is 1. The normalized spacial score (nSPS) is 17.8. The molecule has 4 aromatic rings. The van der Waals surface area contributed by atoms with Gasteiger partial charge in [0.2, 0.25) is 0 Å². The highest BCUT2D eigenvalue weighted by Crippen LogP contribution is 2.43. The number of carbonyl (C=O) groups excluding carboxylic acids is 2. The lowest BCUT2D eigenvalue weighted by atomic mass is 9.75. The summed E-state index contributed by atoms with van der Waals surface area (Å²) in [5, 5.41) is 8.53. The van der Waals surface area contributed by atoms with Crippen LogP contribution in [0.1, 0.15) is 42.5 Å². The van der Waals surface area contributed by atoms with Crippen molar-refractivity contribution in [2.24, 2.45) is 0 Å². The van der Waals surface area contributed by atoms with Crippen LogP contribution in [0.25, 0.3) is 11.0 Å². The Balaban J connectivity index is 1.37. The van der Waals surface area contributed by atoms with Gasteiger partial charge >= 0.3 is 0 Å². The maximum Gasteiger partial charge on any atom is 0.254 e. The predicted molar refractivity (Wildman–Crippen MR) is 143 cm³/mol. The average molecular weight is 495 g/mol. The van der Waals surface area contributed by atoms with Gasteiger partial charge in [0.1, 0.15) is 0 Å². The third kappa shape index (κ3) is 4.05. The van der Waals surface area contributed by atoms with Gasteiger partial charge in [-0.3, -0.25) is 9.59 Å². The second-order valence-electron chi connectivity index (χ2n) is 9.29. The molecule has 2 N–H and O–H groups in total. The quantitative estimate of drug-likeness (QED) is 0.370. The number of anilines is 1. The number of hydrogen-bond donors (Lipinski definition) is 2. The molecule has 0 radical (unpaired) electrons. The first-order valence-corrected chi connectivity index (χ1v) is 13.0. The summed E-state index contributed by atoms with van der Waals surface area (Å²) in [5.41, 5.74) is 6.87. The van der Waals surface area contributed by atoms with Crippen LogP contribution in [-0.4, -0.2) is 21.2 Å². The van der Waals surface area contributed by atoms with Crippen LogP contribution in [0, 0.1) is 0 Å². The first kappa shape index (κ1) is 22.5. The van der Waals surface area contributed by atoms with Crippen LogP contribution in [-0.2, 0) is 16.1 Å². The van der Waals surface area contributed by atoms with E-state index in [4.69, 9.17) is 0 Å². The number of nitrogens with one attached hydrogen (secondary N) is 2. The van der Waals surface area contributed by atoms with Crippen molar-refractivity contribution in [2.75, 3.05) is 5.32 Å². The van der Waals surface area contributed by atoms with Crippen LogP contribution in [0.4, 0.5) is 5.69 Å². The van der Waals surface area contributed by atoms with Crippen LogP contribution in [0.15, 0.2) is 94.9 Å². The van der Waals surface area contributed by atoms with Gasteiger partial charge in [-0.15, -0.1) is 11.3 Å². The van der Waals surface area contributed by atoms with E-state index in [1.165, 1.54) is 0 Å². The van der Waals surface area contributed by atoms with Crippen LogP contribution >= 0.6 is 11.3 Å². The number of amides is 1. The number of hydrogen-bond acceptors (Lipinski definition) is 5. The number of imidazole rings is 1. The largest absolute Gasteiger partial charge is 0.362 e. The van der Waals surface area contributed by atoms with Crippen molar-refractivity contribution in [3.63, 3.8) is 0 Å². The number of aromatic nitrogens is 2. The highest BCUT2D eigenvalue weighted by molar-refractivity contribution is 7.10. The number of fused-ring (bicyclic) bond motifs is 1. The van der Waals surface area contributed by atoms with Gasteiger partial charge in [0, 0.05) is 45.4 Å². The molecule has 36 heavy (non-hydrogen) atoms. The van der Waals surface area contributed by atoms with E-state index in [1.807, 2.05) is 61.8 Å². The predicted octanol–water partition coefficient (Wildman–Crippen LogP) is 5.75. The van der Waals surface area contributed by atoms with Crippen molar-refractivity contribution >= 4 is 39.7 Å². The summed E-state index contributed by atoms with van der Waals surface area (Å²) in [6.07, 6.45) is 4.03. The summed E-state index contributed by atoms with van der Waals surface area (Å²) < 4.78 is 2.13. The van der Waals surface area contributed by atoms with Gasteiger partial charge in [-0.2, -0.15) is 0 Å². The number of carbonyl (C=O) groups is 2. The van der Waals surface area contributed by atoms with Gasteiger partial charge < -0.3 is 15.2 Å². The Labute approximate surface area is 213 Å². The molecule has 1 aliphatic carbocycles. The molecule has 0 fully saturated rings. The molecule has 1 atom stereocenters. The fourth-order valence-electron chi connectivity index (χ4n) is 5.27. The highest BCUT2D eigenvalue weighted by atomic mass is 32.1. The Morgan fingerprint density at radius 1 is 1.14 bits per heavy atom. The molecular weight excluding hydrogens is 468 g/mol. The van der Waals surface area contributed by atoms with Gasteiger partial charge in [-0.1, -0.05) is 30.3 Å². The minimum Gasteiger partial charge on any atom is -0.362 e. The van der Waals surface area contributed by atoms with E-state index in [2.05, 4.69) is 37.7 Å². The monoisotopic (exact) mass is 494 g/mol. The molecule has 3 heterocycles. The first-order valence-electron chi connectivity index (χ1n) is 12.2. The lowest BCUT2D eigenvalue weighted by Gasteiger charge is -2.34. The molecular formula is C29H26N4O2S. The SMILES string of the molecule is CC1=C(C(=O)Nc2ccccc2)C(c2csc(Cn3cnc4ccccc43)c2)C2=C(CCCC2=O)N1. The fraction of sp³-hybridized carbons (Fsp3) is 0.207. The van der Waals surface area contributed by atoms with E-state index in [9.17, 15) is 9.59 Å². The average Bonchev–Trinajstić information content (AvgIpc) is 3.51. The maximum absolute atomic E-state index is 13.6. The molecule has 0 saturated carbocycles. The number of benzene rings is 2. The molecule has 1 unspecified atom stereocenters. The number of Topliss-reactive ketones (excluding diaryl/α,β-unsaturated/α-hetero) is 1. The van der Waals surface area contributed by atoms with Crippen LogP contribution in [0.2, 0.25) is 0 Å². The summed E-state index contributed by atoms with van der Waals surface area (Å²) in [6, 6.07) is 19.7.